The van der Waals surface area contributed by atoms with E-state index in [9.17, 15) is 18.8 Å². The van der Waals surface area contributed by atoms with Crippen LogP contribution in [0.15, 0.2) is 36.7 Å². The van der Waals surface area contributed by atoms with Crippen LogP contribution in [-0.2, 0) is 0 Å². The second-order valence-electron chi connectivity index (χ2n) is 6.84. The van der Waals surface area contributed by atoms with E-state index in [1.165, 1.54) is 35.4 Å². The Kier molecular flexibility index (Phi) is 4.43. The molecule has 7 heteroatoms. The molecule has 1 aliphatic carbocycles. The van der Waals surface area contributed by atoms with Crippen LogP contribution in [-0.4, -0.2) is 33.6 Å². The van der Waals surface area contributed by atoms with Gasteiger partial charge in [-0.15, -0.1) is 0 Å². The van der Waals surface area contributed by atoms with Crippen LogP contribution >= 0.6 is 0 Å². The predicted molar refractivity (Wildman–Crippen MR) is 96.0 cm³/mol. The maximum absolute atomic E-state index is 13.7. The molecular weight excluding hydrogens is 349 g/mol. The first-order valence-electron chi connectivity index (χ1n) is 8.99. The fraction of sp³-hybridized carbons (Fsp3) is 0.300. The van der Waals surface area contributed by atoms with Crippen molar-refractivity contribution in [2.75, 3.05) is 5.32 Å². The maximum Gasteiger partial charge on any atom is 0.261 e. The molecule has 0 atom stereocenters. The second kappa shape index (κ2) is 6.90. The van der Waals surface area contributed by atoms with Gasteiger partial charge in [-0.25, -0.2) is 4.39 Å². The third-order valence-electron chi connectivity index (χ3n) is 5.14. The number of aromatic nitrogens is 1. The summed E-state index contributed by atoms with van der Waals surface area (Å²) in [5.41, 5.74) is 0.740. The first-order chi connectivity index (χ1) is 13.1. The van der Waals surface area contributed by atoms with Crippen molar-refractivity contribution in [1.29, 1.82) is 0 Å². The van der Waals surface area contributed by atoms with Gasteiger partial charge in [-0.2, -0.15) is 0 Å². The molecule has 0 radical (unpaired) electrons. The SMILES string of the molecule is O=C(Nc1ccncc1F)c1ccc2c(c1)C(=O)N(C1CCCCC1)C2=O. The lowest BCUT2D eigenvalue weighted by molar-refractivity contribution is 0.0549. The van der Waals surface area contributed by atoms with E-state index in [0.717, 1.165) is 38.3 Å². The van der Waals surface area contributed by atoms with Crippen LogP contribution in [0.3, 0.4) is 0 Å². The summed E-state index contributed by atoms with van der Waals surface area (Å²) >= 11 is 0. The minimum absolute atomic E-state index is 0.00161. The van der Waals surface area contributed by atoms with E-state index in [0.29, 0.717) is 5.56 Å². The van der Waals surface area contributed by atoms with Crippen molar-refractivity contribution in [2.45, 2.75) is 38.1 Å². The standard InChI is InChI=1S/C20H18FN3O3/c21-16-11-22-9-8-17(16)23-18(25)12-6-7-14-15(10-12)20(27)24(19(14)26)13-4-2-1-3-5-13/h6-11,13H,1-5H2,(H,22,23,25). The zero-order valence-electron chi connectivity index (χ0n) is 14.6. The number of pyridine rings is 1. The highest BCUT2D eigenvalue weighted by Crippen LogP contribution is 2.31. The van der Waals surface area contributed by atoms with Crippen molar-refractivity contribution < 1.29 is 18.8 Å². The van der Waals surface area contributed by atoms with Gasteiger partial charge in [0.2, 0.25) is 0 Å². The van der Waals surface area contributed by atoms with Gasteiger partial charge in [-0.3, -0.25) is 24.3 Å². The number of fused-ring (bicyclic) bond motifs is 1. The maximum atomic E-state index is 13.7. The number of nitrogens with zero attached hydrogens (tertiary/aromatic N) is 2. The third kappa shape index (κ3) is 3.09. The second-order valence-corrected chi connectivity index (χ2v) is 6.84. The normalized spacial score (nSPS) is 17.1. The highest BCUT2D eigenvalue weighted by atomic mass is 19.1. The molecule has 1 saturated carbocycles. The van der Waals surface area contributed by atoms with Crippen molar-refractivity contribution in [1.82, 2.24) is 9.88 Å². The van der Waals surface area contributed by atoms with Crippen LogP contribution < -0.4 is 5.32 Å². The van der Waals surface area contributed by atoms with E-state index >= 15 is 0 Å². The highest BCUT2D eigenvalue weighted by molar-refractivity contribution is 6.22. The lowest BCUT2D eigenvalue weighted by Crippen LogP contribution is -2.40. The van der Waals surface area contributed by atoms with Gasteiger partial charge in [0, 0.05) is 17.8 Å². The molecule has 1 aromatic heterocycles. The average Bonchev–Trinajstić information content (AvgIpc) is 2.94. The average molecular weight is 367 g/mol. The molecule has 138 valence electrons. The molecule has 1 aliphatic heterocycles. The minimum atomic E-state index is -0.651. The van der Waals surface area contributed by atoms with Crippen LogP contribution in [0.1, 0.15) is 63.2 Å². The van der Waals surface area contributed by atoms with Crippen LogP contribution in [0.4, 0.5) is 10.1 Å². The van der Waals surface area contributed by atoms with Crippen LogP contribution in [0.5, 0.6) is 0 Å². The number of nitrogens with one attached hydrogen (secondary N) is 1. The van der Waals surface area contributed by atoms with Gasteiger partial charge < -0.3 is 5.32 Å². The lowest BCUT2D eigenvalue weighted by atomic mass is 9.94. The number of rotatable bonds is 3. The number of halogens is 1. The minimum Gasteiger partial charge on any atom is -0.319 e. The summed E-state index contributed by atoms with van der Waals surface area (Å²) in [5, 5.41) is 2.45. The van der Waals surface area contributed by atoms with Gasteiger partial charge in [-0.1, -0.05) is 19.3 Å². The fourth-order valence-electron chi connectivity index (χ4n) is 3.74. The topological polar surface area (TPSA) is 79.4 Å². The molecule has 0 spiro atoms. The summed E-state index contributed by atoms with van der Waals surface area (Å²) in [6.45, 7) is 0. The van der Waals surface area contributed by atoms with Gasteiger partial charge in [-0.05, 0) is 37.1 Å². The number of anilines is 1. The van der Waals surface area contributed by atoms with Crippen LogP contribution in [0.2, 0.25) is 0 Å². The van der Waals surface area contributed by atoms with Crippen molar-refractivity contribution in [3.8, 4) is 0 Å². The van der Waals surface area contributed by atoms with Crippen molar-refractivity contribution in [2.24, 2.45) is 0 Å². The molecule has 0 unspecified atom stereocenters. The Bertz CT molecular complexity index is 938. The fourth-order valence-corrected chi connectivity index (χ4v) is 3.74. The molecule has 2 aromatic rings. The predicted octanol–water partition coefficient (Wildman–Crippen LogP) is 3.40. The number of carbonyl (C=O) groups excluding carboxylic acids is 3. The first kappa shape index (κ1) is 17.3. The molecule has 0 bridgehead atoms. The lowest BCUT2D eigenvalue weighted by Gasteiger charge is -2.29. The largest absolute Gasteiger partial charge is 0.319 e. The summed E-state index contributed by atoms with van der Waals surface area (Å²) in [4.78, 5) is 42.9. The zero-order valence-corrected chi connectivity index (χ0v) is 14.6. The molecule has 0 saturated heterocycles. The van der Waals surface area contributed by atoms with Gasteiger partial charge in [0.05, 0.1) is 23.0 Å². The Morgan fingerprint density at radius 1 is 1.07 bits per heavy atom. The molecule has 1 N–H and O–H groups in total. The molecule has 6 nitrogen and oxygen atoms in total. The van der Waals surface area contributed by atoms with E-state index in [2.05, 4.69) is 10.3 Å². The molecule has 2 heterocycles. The van der Waals surface area contributed by atoms with Crippen LogP contribution in [0, 0.1) is 5.82 Å². The number of imide groups is 1. The van der Waals surface area contributed by atoms with Gasteiger partial charge in [0.1, 0.15) is 0 Å². The number of hydrogen-bond donors (Lipinski definition) is 1. The van der Waals surface area contributed by atoms with E-state index < -0.39 is 11.7 Å². The van der Waals surface area contributed by atoms with Gasteiger partial charge in [0.15, 0.2) is 5.82 Å². The van der Waals surface area contributed by atoms with Crippen molar-refractivity contribution >= 4 is 23.4 Å². The molecule has 3 amide bonds. The molecule has 4 rings (SSSR count). The first-order valence-corrected chi connectivity index (χ1v) is 8.99. The van der Waals surface area contributed by atoms with Crippen molar-refractivity contribution in [3.05, 3.63) is 59.2 Å². The molecule has 27 heavy (non-hydrogen) atoms. The van der Waals surface area contributed by atoms with E-state index in [1.807, 2.05) is 0 Å². The summed E-state index contributed by atoms with van der Waals surface area (Å²) in [6, 6.07) is 5.65. The Labute approximate surface area is 155 Å². The molecule has 1 fully saturated rings. The Balaban J connectivity index is 1.59. The Hall–Kier alpha value is -3.09. The molecule has 1 aromatic carbocycles. The molecular formula is C20H18FN3O3. The number of amides is 3. The molecule has 2 aliphatic rings. The number of benzene rings is 1. The summed E-state index contributed by atoms with van der Waals surface area (Å²) in [5.74, 6) is -1.86. The summed E-state index contributed by atoms with van der Waals surface area (Å²) < 4.78 is 13.7. The quantitative estimate of drug-likeness (QED) is 0.844. The highest BCUT2D eigenvalue weighted by Gasteiger charge is 2.40. The zero-order chi connectivity index (χ0) is 19.0. The van der Waals surface area contributed by atoms with Gasteiger partial charge in [0.25, 0.3) is 17.7 Å². The van der Waals surface area contributed by atoms with Gasteiger partial charge >= 0.3 is 0 Å². The van der Waals surface area contributed by atoms with E-state index in [4.69, 9.17) is 0 Å². The van der Waals surface area contributed by atoms with E-state index in [-0.39, 0.29) is 34.7 Å². The smallest absolute Gasteiger partial charge is 0.261 e. The Morgan fingerprint density at radius 2 is 1.81 bits per heavy atom. The van der Waals surface area contributed by atoms with Crippen LogP contribution in [0.25, 0.3) is 0 Å². The van der Waals surface area contributed by atoms with Crippen molar-refractivity contribution in [3.63, 3.8) is 0 Å². The van der Waals surface area contributed by atoms with E-state index in [1.54, 1.807) is 0 Å². The number of carbonyl (C=O) groups is 3. The monoisotopic (exact) mass is 367 g/mol. The number of hydrogen-bond acceptors (Lipinski definition) is 4. The summed E-state index contributed by atoms with van der Waals surface area (Å²) in [7, 11) is 0. The summed E-state index contributed by atoms with van der Waals surface area (Å²) in [6.07, 6.45) is 7.14. The Morgan fingerprint density at radius 3 is 2.56 bits per heavy atom. The third-order valence-corrected chi connectivity index (χ3v) is 5.14.